The highest BCUT2D eigenvalue weighted by Crippen LogP contribution is 2.53. The Balaban J connectivity index is 2.45. The van der Waals surface area contributed by atoms with Gasteiger partial charge in [-0.05, 0) is 43.4 Å². The third-order valence-corrected chi connectivity index (χ3v) is 4.48. The van der Waals surface area contributed by atoms with Crippen LogP contribution in [0, 0.1) is 10.8 Å². The topological polar surface area (TPSA) is 0 Å². The van der Waals surface area contributed by atoms with Gasteiger partial charge in [0.15, 0.2) is 0 Å². The van der Waals surface area contributed by atoms with Gasteiger partial charge in [0.05, 0.1) is 0 Å². The molecule has 0 fully saturated rings. The molecule has 0 saturated heterocycles. The summed E-state index contributed by atoms with van der Waals surface area (Å²) in [6.45, 7) is 12.0. The zero-order valence-corrected chi connectivity index (χ0v) is 10.9. The molecule has 0 heteroatoms. The molecule has 0 unspecified atom stereocenters. The molecule has 0 aromatic rings. The average Bonchev–Trinajstić information content (AvgIpc) is 2.13. The Morgan fingerprint density at radius 3 is 2.07 bits per heavy atom. The summed E-state index contributed by atoms with van der Waals surface area (Å²) in [5.41, 5.74) is 5.95. The summed E-state index contributed by atoms with van der Waals surface area (Å²) in [5, 5.41) is 0. The highest BCUT2D eigenvalue weighted by Gasteiger charge is 2.39. The molecule has 84 valence electrons. The van der Waals surface area contributed by atoms with Crippen LogP contribution in [-0.2, 0) is 0 Å². The van der Waals surface area contributed by atoms with Crippen molar-refractivity contribution in [2.24, 2.45) is 10.8 Å². The predicted molar refractivity (Wildman–Crippen MR) is 66.8 cm³/mol. The number of rotatable bonds is 0. The SMILES string of the molecule is CC1=CCC2=C(C1)C(C)(C)CCC2(C)C. The molecule has 0 aromatic carbocycles. The first-order chi connectivity index (χ1) is 6.83. The summed E-state index contributed by atoms with van der Waals surface area (Å²) < 4.78 is 0. The molecule has 2 aliphatic rings. The first-order valence-corrected chi connectivity index (χ1v) is 6.21. The molecule has 0 atom stereocenters. The quantitative estimate of drug-likeness (QED) is 0.494. The Labute approximate surface area is 94.5 Å². The van der Waals surface area contributed by atoms with E-state index in [4.69, 9.17) is 0 Å². The van der Waals surface area contributed by atoms with Crippen molar-refractivity contribution in [2.45, 2.75) is 60.3 Å². The van der Waals surface area contributed by atoms with Gasteiger partial charge in [0.1, 0.15) is 0 Å². The summed E-state index contributed by atoms with van der Waals surface area (Å²) in [5.74, 6) is 0. The van der Waals surface area contributed by atoms with E-state index in [2.05, 4.69) is 40.7 Å². The minimum Gasteiger partial charge on any atom is -0.0812 e. The number of hydrogen-bond acceptors (Lipinski definition) is 0. The Kier molecular flexibility index (Phi) is 2.37. The van der Waals surface area contributed by atoms with Gasteiger partial charge in [-0.25, -0.2) is 0 Å². The molecule has 2 aliphatic carbocycles. The maximum atomic E-state index is 2.43. The number of allylic oxidation sites excluding steroid dienone is 4. The van der Waals surface area contributed by atoms with Gasteiger partial charge in [-0.2, -0.15) is 0 Å². The predicted octanol–water partition coefficient (Wildman–Crippen LogP) is 4.87. The summed E-state index contributed by atoms with van der Waals surface area (Å²) in [6, 6.07) is 0. The van der Waals surface area contributed by atoms with Crippen molar-refractivity contribution in [1.82, 2.24) is 0 Å². The molecular formula is C15H24. The lowest BCUT2D eigenvalue weighted by Gasteiger charge is -2.45. The van der Waals surface area contributed by atoms with Crippen LogP contribution < -0.4 is 0 Å². The first kappa shape index (κ1) is 11.0. The van der Waals surface area contributed by atoms with E-state index in [1.54, 1.807) is 16.7 Å². The van der Waals surface area contributed by atoms with Crippen LogP contribution in [0.2, 0.25) is 0 Å². The van der Waals surface area contributed by atoms with Crippen molar-refractivity contribution < 1.29 is 0 Å². The van der Waals surface area contributed by atoms with Crippen molar-refractivity contribution in [1.29, 1.82) is 0 Å². The van der Waals surface area contributed by atoms with Crippen LogP contribution in [-0.4, -0.2) is 0 Å². The van der Waals surface area contributed by atoms with Crippen LogP contribution in [0.3, 0.4) is 0 Å². The van der Waals surface area contributed by atoms with Gasteiger partial charge in [0, 0.05) is 0 Å². The summed E-state index contributed by atoms with van der Waals surface area (Å²) in [7, 11) is 0. The third kappa shape index (κ3) is 1.79. The summed E-state index contributed by atoms with van der Waals surface area (Å²) in [6.07, 6.45) is 7.57. The van der Waals surface area contributed by atoms with E-state index in [0.717, 1.165) is 0 Å². The number of hydrogen-bond donors (Lipinski definition) is 0. The fourth-order valence-electron chi connectivity index (χ4n) is 3.12. The van der Waals surface area contributed by atoms with Crippen molar-refractivity contribution in [3.05, 3.63) is 22.8 Å². The minimum atomic E-state index is 0.445. The van der Waals surface area contributed by atoms with Gasteiger partial charge in [-0.15, -0.1) is 0 Å². The molecule has 0 bridgehead atoms. The van der Waals surface area contributed by atoms with Crippen LogP contribution >= 0.6 is 0 Å². The average molecular weight is 204 g/mol. The van der Waals surface area contributed by atoms with E-state index in [1.165, 1.54) is 25.7 Å². The van der Waals surface area contributed by atoms with Crippen LogP contribution in [0.25, 0.3) is 0 Å². The van der Waals surface area contributed by atoms with Crippen molar-refractivity contribution in [2.75, 3.05) is 0 Å². The van der Waals surface area contributed by atoms with E-state index >= 15 is 0 Å². The van der Waals surface area contributed by atoms with Gasteiger partial charge in [0.2, 0.25) is 0 Å². The summed E-state index contributed by atoms with van der Waals surface area (Å²) in [4.78, 5) is 0. The Morgan fingerprint density at radius 2 is 1.47 bits per heavy atom. The highest BCUT2D eigenvalue weighted by molar-refractivity contribution is 5.37. The van der Waals surface area contributed by atoms with Crippen LogP contribution in [0.15, 0.2) is 22.8 Å². The minimum absolute atomic E-state index is 0.445. The van der Waals surface area contributed by atoms with E-state index in [0.29, 0.717) is 10.8 Å². The van der Waals surface area contributed by atoms with Gasteiger partial charge < -0.3 is 0 Å². The second-order valence-corrected chi connectivity index (χ2v) is 6.66. The molecule has 0 nitrogen and oxygen atoms in total. The van der Waals surface area contributed by atoms with Gasteiger partial charge in [0.25, 0.3) is 0 Å². The molecule has 2 rings (SSSR count). The molecule has 0 aromatic heterocycles. The van der Waals surface area contributed by atoms with Crippen molar-refractivity contribution >= 4 is 0 Å². The Hall–Kier alpha value is -0.520. The van der Waals surface area contributed by atoms with E-state index in [9.17, 15) is 0 Å². The van der Waals surface area contributed by atoms with Gasteiger partial charge in [-0.3, -0.25) is 0 Å². The molecule has 0 saturated carbocycles. The van der Waals surface area contributed by atoms with Gasteiger partial charge >= 0.3 is 0 Å². The van der Waals surface area contributed by atoms with Gasteiger partial charge in [-0.1, -0.05) is 50.5 Å². The third-order valence-electron chi connectivity index (χ3n) is 4.48. The van der Waals surface area contributed by atoms with Crippen LogP contribution in [0.5, 0.6) is 0 Å². The molecule has 0 radical (unpaired) electrons. The fraction of sp³-hybridized carbons (Fsp3) is 0.733. The molecule has 0 N–H and O–H groups in total. The first-order valence-electron chi connectivity index (χ1n) is 6.21. The molecule has 0 aliphatic heterocycles. The molecule has 0 heterocycles. The highest BCUT2D eigenvalue weighted by atomic mass is 14.4. The second kappa shape index (κ2) is 3.23. The standard InChI is InChI=1S/C15H24/c1-11-6-7-12-13(10-11)15(4,5)9-8-14(12,2)3/h6H,7-10H2,1-5H3. The lowest BCUT2D eigenvalue weighted by molar-refractivity contribution is 0.251. The molecule has 0 spiro atoms. The van der Waals surface area contributed by atoms with Crippen LogP contribution in [0.1, 0.15) is 60.3 Å². The largest absolute Gasteiger partial charge is 0.0812 e. The monoisotopic (exact) mass is 204 g/mol. The van der Waals surface area contributed by atoms with Crippen molar-refractivity contribution in [3.8, 4) is 0 Å². The zero-order valence-electron chi connectivity index (χ0n) is 10.9. The van der Waals surface area contributed by atoms with E-state index in [1.807, 2.05) is 0 Å². The normalized spacial score (nSPS) is 28.5. The molecule has 0 amide bonds. The lowest BCUT2D eigenvalue weighted by Crippen LogP contribution is -2.32. The molecule has 15 heavy (non-hydrogen) atoms. The summed E-state index contributed by atoms with van der Waals surface area (Å²) >= 11 is 0. The maximum Gasteiger partial charge on any atom is -0.0103 e. The second-order valence-electron chi connectivity index (χ2n) is 6.66. The Bertz CT molecular complexity index is 337. The smallest absolute Gasteiger partial charge is 0.0103 e. The maximum absolute atomic E-state index is 2.43. The lowest BCUT2D eigenvalue weighted by atomic mass is 9.60. The van der Waals surface area contributed by atoms with Crippen LogP contribution in [0.4, 0.5) is 0 Å². The van der Waals surface area contributed by atoms with E-state index < -0.39 is 0 Å². The van der Waals surface area contributed by atoms with Crippen molar-refractivity contribution in [3.63, 3.8) is 0 Å². The molecular weight excluding hydrogens is 180 g/mol. The fourth-order valence-corrected chi connectivity index (χ4v) is 3.12. The zero-order chi connectivity index (χ0) is 11.3. The van der Waals surface area contributed by atoms with E-state index in [-0.39, 0.29) is 0 Å². The Morgan fingerprint density at radius 1 is 0.933 bits per heavy atom.